The Kier molecular flexibility index (Phi) is 3.33. The van der Waals surface area contributed by atoms with Crippen LogP contribution in [-0.2, 0) is 4.79 Å². The molecule has 0 bridgehead atoms. The normalized spacial score (nSPS) is 16.6. The summed E-state index contributed by atoms with van der Waals surface area (Å²) in [7, 11) is 0. The quantitative estimate of drug-likeness (QED) is 0.708. The van der Waals surface area contributed by atoms with Gasteiger partial charge in [0.15, 0.2) is 5.82 Å². The van der Waals surface area contributed by atoms with Crippen molar-refractivity contribution in [2.75, 3.05) is 30.3 Å². The topological polar surface area (TPSA) is 84.1 Å². The summed E-state index contributed by atoms with van der Waals surface area (Å²) in [5.41, 5.74) is 7.03. The minimum Gasteiger partial charge on any atom is -0.394 e. The number of nitrogen functional groups attached to an aromatic ring is 1. The number of hydrogen-bond donors (Lipinski definition) is 2. The van der Waals surface area contributed by atoms with E-state index < -0.39 is 0 Å². The fourth-order valence-corrected chi connectivity index (χ4v) is 1.97. The van der Waals surface area contributed by atoms with Crippen molar-refractivity contribution >= 4 is 29.0 Å². The van der Waals surface area contributed by atoms with Crippen molar-refractivity contribution in [2.45, 2.75) is 13.3 Å². The zero-order valence-corrected chi connectivity index (χ0v) is 10.3. The zero-order valence-electron chi connectivity index (χ0n) is 9.53. The predicted octanol–water partition coefficient (Wildman–Crippen LogP) is 0.347. The molecule has 0 unspecified atom stereocenters. The van der Waals surface area contributed by atoms with E-state index in [-0.39, 0.29) is 17.7 Å². The highest BCUT2D eigenvalue weighted by Crippen LogP contribution is 2.25. The maximum absolute atomic E-state index is 11.5. The van der Waals surface area contributed by atoms with Gasteiger partial charge in [0.2, 0.25) is 11.2 Å². The van der Waals surface area contributed by atoms with Crippen molar-refractivity contribution in [3.05, 3.63) is 11.0 Å². The second-order valence-corrected chi connectivity index (χ2v) is 4.28. The van der Waals surface area contributed by atoms with E-state index in [0.717, 1.165) is 13.0 Å². The first-order valence-electron chi connectivity index (χ1n) is 5.39. The molecule has 1 fully saturated rings. The van der Waals surface area contributed by atoms with E-state index in [1.165, 1.54) is 0 Å². The van der Waals surface area contributed by atoms with Crippen LogP contribution in [0.4, 0.5) is 11.5 Å². The predicted molar refractivity (Wildman–Crippen MR) is 66.0 cm³/mol. The van der Waals surface area contributed by atoms with Gasteiger partial charge in [0, 0.05) is 13.1 Å². The monoisotopic (exact) mass is 255 g/mol. The fraction of sp³-hybridized carbons (Fsp3) is 0.500. The van der Waals surface area contributed by atoms with Crippen molar-refractivity contribution in [2.24, 2.45) is 0 Å². The Balaban J connectivity index is 2.35. The lowest BCUT2D eigenvalue weighted by Crippen LogP contribution is -2.34. The van der Waals surface area contributed by atoms with Gasteiger partial charge in [-0.15, -0.1) is 0 Å². The van der Waals surface area contributed by atoms with E-state index in [1.807, 2.05) is 4.90 Å². The third-order valence-electron chi connectivity index (χ3n) is 2.65. The van der Waals surface area contributed by atoms with Gasteiger partial charge in [-0.05, 0) is 24.9 Å². The summed E-state index contributed by atoms with van der Waals surface area (Å²) in [6, 6.07) is 0. The Morgan fingerprint density at radius 3 is 3.00 bits per heavy atom. The van der Waals surface area contributed by atoms with Crippen LogP contribution in [0.1, 0.15) is 12.1 Å². The lowest BCUT2D eigenvalue weighted by atomic mass is 10.3. The number of aromatic nitrogens is 2. The molecular weight excluding hydrogens is 242 g/mol. The first-order chi connectivity index (χ1) is 8.08. The summed E-state index contributed by atoms with van der Waals surface area (Å²) < 4.78 is 0. The lowest BCUT2D eigenvalue weighted by Gasteiger charge is -2.22. The molecule has 1 aromatic rings. The molecule has 0 saturated carbocycles. The van der Waals surface area contributed by atoms with Crippen molar-refractivity contribution in [3.63, 3.8) is 0 Å². The smallest absolute Gasteiger partial charge is 0.239 e. The molecular formula is C10H14ClN5O. The SMILES string of the molecule is Cc1nc(Cl)nc(N2CCCNC(=O)C2)c1N. The molecule has 0 aliphatic carbocycles. The van der Waals surface area contributed by atoms with Crippen molar-refractivity contribution in [1.82, 2.24) is 15.3 Å². The number of amides is 1. The molecule has 7 heteroatoms. The number of anilines is 2. The summed E-state index contributed by atoms with van der Waals surface area (Å²) in [5, 5.41) is 2.94. The second kappa shape index (κ2) is 4.75. The molecule has 0 aromatic carbocycles. The van der Waals surface area contributed by atoms with Gasteiger partial charge in [0.25, 0.3) is 0 Å². The highest BCUT2D eigenvalue weighted by atomic mass is 35.5. The minimum atomic E-state index is -0.0331. The van der Waals surface area contributed by atoms with E-state index in [2.05, 4.69) is 15.3 Å². The number of nitrogens with one attached hydrogen (secondary N) is 1. The van der Waals surface area contributed by atoms with Crippen LogP contribution in [0.2, 0.25) is 5.28 Å². The molecule has 92 valence electrons. The third kappa shape index (κ3) is 2.58. The Morgan fingerprint density at radius 1 is 1.47 bits per heavy atom. The van der Waals surface area contributed by atoms with Gasteiger partial charge in [0.1, 0.15) is 0 Å². The molecule has 0 radical (unpaired) electrons. The number of aryl methyl sites for hydroxylation is 1. The van der Waals surface area contributed by atoms with E-state index in [0.29, 0.717) is 23.7 Å². The molecule has 3 N–H and O–H groups in total. The average molecular weight is 256 g/mol. The zero-order chi connectivity index (χ0) is 12.4. The molecule has 2 heterocycles. The maximum Gasteiger partial charge on any atom is 0.239 e. The van der Waals surface area contributed by atoms with Gasteiger partial charge in [-0.3, -0.25) is 4.79 Å². The van der Waals surface area contributed by atoms with Crippen LogP contribution in [0.15, 0.2) is 0 Å². The van der Waals surface area contributed by atoms with E-state index >= 15 is 0 Å². The van der Waals surface area contributed by atoms with Crippen molar-refractivity contribution < 1.29 is 4.79 Å². The number of hydrogen-bond acceptors (Lipinski definition) is 5. The molecule has 1 aliphatic heterocycles. The van der Waals surface area contributed by atoms with Crippen LogP contribution in [0.5, 0.6) is 0 Å². The van der Waals surface area contributed by atoms with Crippen LogP contribution in [0.25, 0.3) is 0 Å². The first kappa shape index (κ1) is 11.9. The van der Waals surface area contributed by atoms with Crippen LogP contribution in [0.3, 0.4) is 0 Å². The van der Waals surface area contributed by atoms with Crippen LogP contribution in [0, 0.1) is 6.92 Å². The van der Waals surface area contributed by atoms with Crippen molar-refractivity contribution in [1.29, 1.82) is 0 Å². The fourth-order valence-electron chi connectivity index (χ4n) is 1.76. The van der Waals surface area contributed by atoms with Gasteiger partial charge in [-0.25, -0.2) is 4.98 Å². The maximum atomic E-state index is 11.5. The highest BCUT2D eigenvalue weighted by molar-refractivity contribution is 6.28. The molecule has 1 amide bonds. The van der Waals surface area contributed by atoms with Gasteiger partial charge in [-0.2, -0.15) is 4.98 Å². The number of nitrogens with zero attached hydrogens (tertiary/aromatic N) is 3. The van der Waals surface area contributed by atoms with Gasteiger partial charge >= 0.3 is 0 Å². The Hall–Kier alpha value is -1.56. The Morgan fingerprint density at radius 2 is 2.24 bits per heavy atom. The number of nitrogens with two attached hydrogens (primary N) is 1. The summed E-state index contributed by atoms with van der Waals surface area (Å²) in [6.07, 6.45) is 0.853. The molecule has 2 rings (SSSR count). The van der Waals surface area contributed by atoms with Gasteiger partial charge in [0.05, 0.1) is 17.9 Å². The van der Waals surface area contributed by atoms with Gasteiger partial charge < -0.3 is 16.0 Å². The second-order valence-electron chi connectivity index (χ2n) is 3.94. The van der Waals surface area contributed by atoms with Crippen molar-refractivity contribution in [3.8, 4) is 0 Å². The molecule has 0 spiro atoms. The van der Waals surface area contributed by atoms with E-state index in [4.69, 9.17) is 17.3 Å². The van der Waals surface area contributed by atoms with Crippen LogP contribution in [-0.4, -0.2) is 35.5 Å². The van der Waals surface area contributed by atoms with E-state index in [9.17, 15) is 4.79 Å². The Bertz CT molecular complexity index is 451. The number of carbonyl (C=O) groups excluding carboxylic acids is 1. The summed E-state index contributed by atoms with van der Waals surface area (Å²) in [5.74, 6) is 0.508. The molecule has 6 nitrogen and oxygen atoms in total. The minimum absolute atomic E-state index is 0.0331. The standard InChI is InChI=1S/C10H14ClN5O/c1-6-8(12)9(15-10(11)14-6)16-4-2-3-13-7(17)5-16/h2-5,12H2,1H3,(H,13,17). The summed E-state index contributed by atoms with van der Waals surface area (Å²) in [6.45, 7) is 3.41. The number of carbonyl (C=O) groups is 1. The largest absolute Gasteiger partial charge is 0.394 e. The lowest BCUT2D eigenvalue weighted by molar-refractivity contribution is -0.119. The summed E-state index contributed by atoms with van der Waals surface area (Å²) >= 11 is 5.81. The average Bonchev–Trinajstić information content (AvgIpc) is 2.48. The molecule has 1 aromatic heterocycles. The molecule has 0 atom stereocenters. The van der Waals surface area contributed by atoms with Crippen LogP contribution >= 0.6 is 11.6 Å². The van der Waals surface area contributed by atoms with Crippen LogP contribution < -0.4 is 16.0 Å². The first-order valence-corrected chi connectivity index (χ1v) is 5.77. The molecule has 1 saturated heterocycles. The van der Waals surface area contributed by atoms with Gasteiger partial charge in [-0.1, -0.05) is 0 Å². The Labute approximate surface area is 104 Å². The number of halogens is 1. The third-order valence-corrected chi connectivity index (χ3v) is 2.82. The van der Waals surface area contributed by atoms with E-state index in [1.54, 1.807) is 6.92 Å². The molecule has 1 aliphatic rings. The number of rotatable bonds is 1. The summed E-state index contributed by atoms with van der Waals surface area (Å²) in [4.78, 5) is 21.4. The molecule has 17 heavy (non-hydrogen) atoms. The highest BCUT2D eigenvalue weighted by Gasteiger charge is 2.20.